The van der Waals surface area contributed by atoms with Crippen molar-refractivity contribution in [3.05, 3.63) is 24.1 Å². The summed E-state index contributed by atoms with van der Waals surface area (Å²) in [6, 6.07) is 5.51. The monoisotopic (exact) mass is 262 g/mol. The van der Waals surface area contributed by atoms with E-state index in [1.807, 2.05) is 18.2 Å². The Morgan fingerprint density at radius 1 is 1.21 bits per heavy atom. The summed E-state index contributed by atoms with van der Waals surface area (Å²) in [7, 11) is 0. The van der Waals surface area contributed by atoms with Crippen LogP contribution in [0.4, 0.5) is 11.7 Å². The summed E-state index contributed by atoms with van der Waals surface area (Å²) in [6.07, 6.45) is 0. The van der Waals surface area contributed by atoms with Gasteiger partial charge in [-0.05, 0) is 19.1 Å². The molecule has 0 spiro atoms. The van der Waals surface area contributed by atoms with Gasteiger partial charge in [0.25, 0.3) is 0 Å². The van der Waals surface area contributed by atoms with Crippen molar-refractivity contribution in [2.24, 2.45) is 5.73 Å². The first-order valence-electron chi connectivity index (χ1n) is 5.98. The second-order valence-electron chi connectivity index (χ2n) is 4.22. The van der Waals surface area contributed by atoms with Crippen LogP contribution in [0, 0.1) is 0 Å². The van der Waals surface area contributed by atoms with E-state index in [1.165, 1.54) is 0 Å². The zero-order valence-electron chi connectivity index (χ0n) is 10.4. The number of nitrogens with one attached hydrogen (secondary N) is 1. The Kier molecular flexibility index (Phi) is 2.96. The van der Waals surface area contributed by atoms with E-state index in [4.69, 9.17) is 19.6 Å². The molecule has 1 aliphatic heterocycles. The fourth-order valence-electron chi connectivity index (χ4n) is 1.71. The van der Waals surface area contributed by atoms with Crippen LogP contribution < -0.4 is 20.5 Å². The fourth-order valence-corrected chi connectivity index (χ4v) is 1.71. The average molecular weight is 262 g/mol. The molecule has 7 nitrogen and oxygen atoms in total. The predicted octanol–water partition coefficient (Wildman–Crippen LogP) is 1.60. The summed E-state index contributed by atoms with van der Waals surface area (Å²) < 4.78 is 16.3. The molecule has 2 aromatic rings. The van der Waals surface area contributed by atoms with Crippen molar-refractivity contribution in [3.63, 3.8) is 0 Å². The molecule has 3 rings (SSSR count). The Morgan fingerprint density at radius 3 is 2.74 bits per heavy atom. The summed E-state index contributed by atoms with van der Waals surface area (Å²) >= 11 is 0. The van der Waals surface area contributed by atoms with Gasteiger partial charge in [0.05, 0.1) is 6.04 Å². The van der Waals surface area contributed by atoms with Gasteiger partial charge in [0.15, 0.2) is 11.5 Å². The lowest BCUT2D eigenvalue weighted by Crippen LogP contribution is -2.15. The number of ether oxygens (including phenoxy) is 2. The maximum absolute atomic E-state index is 5.65. The summed E-state index contributed by atoms with van der Waals surface area (Å²) in [5.74, 6) is 1.82. The van der Waals surface area contributed by atoms with Crippen molar-refractivity contribution >= 4 is 11.7 Å². The molecule has 0 saturated carbocycles. The fraction of sp³-hybridized carbons (Fsp3) is 0.333. The highest BCUT2D eigenvalue weighted by Gasteiger charge is 2.14. The third-order valence-corrected chi connectivity index (χ3v) is 2.62. The number of nitrogens with two attached hydrogens (primary N) is 1. The first-order valence-corrected chi connectivity index (χ1v) is 5.98. The van der Waals surface area contributed by atoms with Crippen LogP contribution in [0.15, 0.2) is 22.6 Å². The van der Waals surface area contributed by atoms with E-state index in [2.05, 4.69) is 15.5 Å². The van der Waals surface area contributed by atoms with Gasteiger partial charge in [0.2, 0.25) is 5.89 Å². The second kappa shape index (κ2) is 4.77. The van der Waals surface area contributed by atoms with Gasteiger partial charge in [-0.3, -0.25) is 0 Å². The smallest absolute Gasteiger partial charge is 0.320 e. The lowest BCUT2D eigenvalue weighted by atomic mass is 10.2. The van der Waals surface area contributed by atoms with Crippen molar-refractivity contribution in [3.8, 4) is 11.5 Å². The SMILES string of the molecule is CC(N)c1nnc(Nc2ccc3c(c2)OCCO3)o1. The topological polar surface area (TPSA) is 95.4 Å². The number of benzene rings is 1. The highest BCUT2D eigenvalue weighted by Crippen LogP contribution is 2.33. The van der Waals surface area contributed by atoms with Gasteiger partial charge in [-0.2, -0.15) is 0 Å². The molecule has 1 aromatic carbocycles. The highest BCUT2D eigenvalue weighted by atomic mass is 16.6. The number of fused-ring (bicyclic) bond motifs is 1. The maximum Gasteiger partial charge on any atom is 0.320 e. The minimum Gasteiger partial charge on any atom is -0.486 e. The molecule has 0 saturated heterocycles. The van der Waals surface area contributed by atoms with Gasteiger partial charge in [-0.25, -0.2) is 0 Å². The molecular formula is C12H14N4O3. The Balaban J connectivity index is 1.78. The van der Waals surface area contributed by atoms with Crippen molar-refractivity contribution in [2.75, 3.05) is 18.5 Å². The molecule has 1 aliphatic rings. The quantitative estimate of drug-likeness (QED) is 0.867. The van der Waals surface area contributed by atoms with E-state index >= 15 is 0 Å². The van der Waals surface area contributed by atoms with Gasteiger partial charge in [-0.1, -0.05) is 5.10 Å². The van der Waals surface area contributed by atoms with Crippen molar-refractivity contribution in [2.45, 2.75) is 13.0 Å². The second-order valence-corrected chi connectivity index (χ2v) is 4.22. The zero-order chi connectivity index (χ0) is 13.2. The molecule has 7 heteroatoms. The third-order valence-electron chi connectivity index (χ3n) is 2.62. The molecule has 0 amide bonds. The standard InChI is InChI=1S/C12H14N4O3/c1-7(13)11-15-16-12(19-11)14-8-2-3-9-10(6-8)18-5-4-17-9/h2-3,6-7H,4-5,13H2,1H3,(H,14,16). The molecule has 19 heavy (non-hydrogen) atoms. The molecule has 1 atom stereocenters. The van der Waals surface area contributed by atoms with Crippen molar-refractivity contribution in [1.82, 2.24) is 10.2 Å². The zero-order valence-corrected chi connectivity index (χ0v) is 10.4. The van der Waals surface area contributed by atoms with E-state index in [-0.39, 0.29) is 6.04 Å². The van der Waals surface area contributed by atoms with Crippen molar-refractivity contribution in [1.29, 1.82) is 0 Å². The van der Waals surface area contributed by atoms with Gasteiger partial charge >= 0.3 is 6.01 Å². The number of hydrogen-bond acceptors (Lipinski definition) is 7. The number of nitrogens with zero attached hydrogens (tertiary/aromatic N) is 2. The van der Waals surface area contributed by atoms with E-state index in [9.17, 15) is 0 Å². The van der Waals surface area contributed by atoms with Crippen molar-refractivity contribution < 1.29 is 13.9 Å². The summed E-state index contributed by atoms with van der Waals surface area (Å²) in [6.45, 7) is 2.90. The minimum atomic E-state index is -0.289. The van der Waals surface area contributed by atoms with E-state index in [0.717, 1.165) is 11.4 Å². The lowest BCUT2D eigenvalue weighted by Gasteiger charge is -2.18. The number of anilines is 2. The number of rotatable bonds is 3. The molecule has 0 fully saturated rings. The van der Waals surface area contributed by atoms with Crippen LogP contribution in [0.25, 0.3) is 0 Å². The molecule has 0 aliphatic carbocycles. The Hall–Kier alpha value is -2.28. The molecule has 0 radical (unpaired) electrons. The molecule has 0 bridgehead atoms. The normalized spacial score (nSPS) is 15.1. The van der Waals surface area contributed by atoms with E-state index in [1.54, 1.807) is 6.92 Å². The molecule has 1 aromatic heterocycles. The van der Waals surface area contributed by atoms with Crippen LogP contribution in [0.2, 0.25) is 0 Å². The average Bonchev–Trinajstić information content (AvgIpc) is 2.87. The van der Waals surface area contributed by atoms with Crippen LogP contribution in [0.1, 0.15) is 18.9 Å². The van der Waals surface area contributed by atoms with Gasteiger partial charge in [0.1, 0.15) is 13.2 Å². The van der Waals surface area contributed by atoms with Gasteiger partial charge in [0, 0.05) is 11.8 Å². The molecule has 1 unspecified atom stereocenters. The third kappa shape index (κ3) is 2.45. The number of hydrogen-bond donors (Lipinski definition) is 2. The largest absolute Gasteiger partial charge is 0.486 e. The summed E-state index contributed by atoms with van der Waals surface area (Å²) in [5, 5.41) is 10.7. The lowest BCUT2D eigenvalue weighted by molar-refractivity contribution is 0.171. The number of aromatic nitrogens is 2. The first-order chi connectivity index (χ1) is 9.22. The van der Waals surface area contributed by atoms with E-state index < -0.39 is 0 Å². The molecule has 100 valence electrons. The van der Waals surface area contributed by atoms with Crippen LogP contribution in [-0.4, -0.2) is 23.4 Å². The van der Waals surface area contributed by atoms with Gasteiger partial charge in [-0.15, -0.1) is 5.10 Å². The summed E-state index contributed by atoms with van der Waals surface area (Å²) in [4.78, 5) is 0. The van der Waals surface area contributed by atoms with Crippen LogP contribution in [0.5, 0.6) is 11.5 Å². The first kappa shape index (κ1) is 11.8. The predicted molar refractivity (Wildman–Crippen MR) is 67.6 cm³/mol. The van der Waals surface area contributed by atoms with Crippen LogP contribution in [0.3, 0.4) is 0 Å². The van der Waals surface area contributed by atoms with Crippen LogP contribution >= 0.6 is 0 Å². The summed E-state index contributed by atoms with van der Waals surface area (Å²) in [5.41, 5.74) is 6.43. The van der Waals surface area contributed by atoms with E-state index in [0.29, 0.717) is 30.9 Å². The Morgan fingerprint density at radius 2 is 2.00 bits per heavy atom. The van der Waals surface area contributed by atoms with Crippen LogP contribution in [-0.2, 0) is 0 Å². The molecule has 2 heterocycles. The molecule has 3 N–H and O–H groups in total. The minimum absolute atomic E-state index is 0.289. The Labute approximate surface area is 109 Å². The highest BCUT2D eigenvalue weighted by molar-refractivity contribution is 5.59. The molecular weight excluding hydrogens is 248 g/mol. The maximum atomic E-state index is 5.65. The Bertz CT molecular complexity index is 582. The van der Waals surface area contributed by atoms with Gasteiger partial charge < -0.3 is 24.9 Å².